The fourth-order valence-electron chi connectivity index (χ4n) is 4.71. The molecule has 0 aliphatic carbocycles. The van der Waals surface area contributed by atoms with Gasteiger partial charge in [0.05, 0.1) is 10.3 Å². The van der Waals surface area contributed by atoms with E-state index in [4.69, 9.17) is 9.15 Å². The maximum Gasteiger partial charge on any atom is 0.322 e. The summed E-state index contributed by atoms with van der Waals surface area (Å²) in [6.45, 7) is 5.42. The van der Waals surface area contributed by atoms with Crippen LogP contribution in [0.15, 0.2) is 101 Å². The van der Waals surface area contributed by atoms with E-state index in [9.17, 15) is 23.1 Å². The van der Waals surface area contributed by atoms with Crippen molar-refractivity contribution in [3.05, 3.63) is 108 Å². The highest BCUT2D eigenvalue weighted by Crippen LogP contribution is 2.34. The minimum absolute atomic E-state index is 0.0378. The van der Waals surface area contributed by atoms with Crippen LogP contribution in [0, 0.1) is 12.8 Å². The minimum Gasteiger partial charge on any atom is -0.488 e. The Morgan fingerprint density at radius 1 is 0.932 bits per heavy atom. The number of rotatable bonds is 11. The highest BCUT2D eigenvalue weighted by Gasteiger charge is 2.28. The summed E-state index contributed by atoms with van der Waals surface area (Å²) in [6.07, 6.45) is 3.40. The second-order valence-corrected chi connectivity index (χ2v) is 12.3. The number of sulfonamides is 1. The quantitative estimate of drug-likeness (QED) is 0.164. The number of carbonyl (C=O) groups is 2. The van der Waals surface area contributed by atoms with Crippen molar-refractivity contribution >= 4 is 38.6 Å². The lowest BCUT2D eigenvalue weighted by Gasteiger charge is -2.18. The van der Waals surface area contributed by atoms with E-state index in [0.29, 0.717) is 29.2 Å². The van der Waals surface area contributed by atoms with Crippen LogP contribution in [-0.4, -0.2) is 36.4 Å². The van der Waals surface area contributed by atoms with Crippen LogP contribution >= 0.6 is 0 Å². The maximum atomic E-state index is 13.2. The summed E-state index contributed by atoms with van der Waals surface area (Å²) < 4.78 is 39.7. The number of ether oxygens (including phenoxy) is 1. The molecule has 0 radical (unpaired) electrons. The smallest absolute Gasteiger partial charge is 0.322 e. The SMILES string of the molecule is Cc1c(C(=O)Nc2ccc(-c3ccc(S(=O)(=O)NC(C(=O)O)C(C)C)cc3)cc2)oc2cccc(OCc3ccncc3)c12. The molecule has 1 unspecified atom stereocenters. The number of furan rings is 1. The van der Waals surface area contributed by atoms with Crippen LogP contribution < -0.4 is 14.8 Å². The highest BCUT2D eigenvalue weighted by molar-refractivity contribution is 7.89. The molecule has 3 aromatic carbocycles. The van der Waals surface area contributed by atoms with Gasteiger partial charge in [0.2, 0.25) is 10.0 Å². The van der Waals surface area contributed by atoms with E-state index < -0.39 is 33.9 Å². The number of aromatic nitrogens is 1. The topological polar surface area (TPSA) is 148 Å². The lowest BCUT2D eigenvalue weighted by atomic mass is 10.1. The first-order valence-corrected chi connectivity index (χ1v) is 15.3. The Kier molecular flexibility index (Phi) is 8.79. The van der Waals surface area contributed by atoms with Gasteiger partial charge in [0.15, 0.2) is 5.76 Å². The predicted octanol–water partition coefficient (Wildman–Crippen LogP) is 6.02. The number of aryl methyl sites for hydroxylation is 1. The molecule has 5 aromatic rings. The Balaban J connectivity index is 1.28. The molecule has 0 saturated heterocycles. The number of carbonyl (C=O) groups excluding carboxylic acids is 1. The maximum absolute atomic E-state index is 13.2. The summed E-state index contributed by atoms with van der Waals surface area (Å²) in [4.78, 5) is 28.6. The number of pyridine rings is 1. The van der Waals surface area contributed by atoms with Crippen LogP contribution in [0.2, 0.25) is 0 Å². The number of benzene rings is 3. The monoisotopic (exact) mass is 613 g/mol. The largest absolute Gasteiger partial charge is 0.488 e. The fraction of sp³-hybridized carbons (Fsp3) is 0.182. The van der Waals surface area contributed by atoms with E-state index in [-0.39, 0.29) is 10.7 Å². The van der Waals surface area contributed by atoms with Gasteiger partial charge in [-0.2, -0.15) is 4.72 Å². The molecule has 0 bridgehead atoms. The number of anilines is 1. The summed E-state index contributed by atoms with van der Waals surface area (Å²) in [7, 11) is -4.02. The van der Waals surface area contributed by atoms with E-state index >= 15 is 0 Å². The number of carboxylic acid groups (broad SMARTS) is 1. The molecule has 3 N–H and O–H groups in total. The number of fused-ring (bicyclic) bond motifs is 1. The molecule has 226 valence electrons. The second kappa shape index (κ2) is 12.7. The summed E-state index contributed by atoms with van der Waals surface area (Å²) in [5.41, 5.74) is 4.25. The molecule has 2 aromatic heterocycles. The molecule has 1 amide bonds. The van der Waals surface area contributed by atoms with Gasteiger partial charge >= 0.3 is 5.97 Å². The Morgan fingerprint density at radius 2 is 1.57 bits per heavy atom. The summed E-state index contributed by atoms with van der Waals surface area (Å²) in [5.74, 6) is -1.28. The Labute approximate surface area is 254 Å². The van der Waals surface area contributed by atoms with Gasteiger partial charge in [-0.05, 0) is 78.1 Å². The van der Waals surface area contributed by atoms with Gasteiger partial charge in [0.1, 0.15) is 24.0 Å². The molecule has 44 heavy (non-hydrogen) atoms. The lowest BCUT2D eigenvalue weighted by molar-refractivity contribution is -0.140. The normalized spacial score (nSPS) is 12.3. The number of hydrogen-bond acceptors (Lipinski definition) is 7. The van der Waals surface area contributed by atoms with Crippen molar-refractivity contribution in [2.75, 3.05) is 5.32 Å². The van der Waals surface area contributed by atoms with Crippen molar-refractivity contribution in [2.24, 2.45) is 5.92 Å². The van der Waals surface area contributed by atoms with Gasteiger partial charge < -0.3 is 19.6 Å². The van der Waals surface area contributed by atoms with E-state index in [1.165, 1.54) is 12.1 Å². The third-order valence-electron chi connectivity index (χ3n) is 7.12. The van der Waals surface area contributed by atoms with Crippen LogP contribution in [0.3, 0.4) is 0 Å². The average Bonchev–Trinajstić information content (AvgIpc) is 3.36. The zero-order valence-corrected chi connectivity index (χ0v) is 25.1. The average molecular weight is 614 g/mol. The Hall–Kier alpha value is -5.00. The molecule has 11 heteroatoms. The van der Waals surface area contributed by atoms with Crippen molar-refractivity contribution in [1.82, 2.24) is 9.71 Å². The number of nitrogens with one attached hydrogen (secondary N) is 2. The van der Waals surface area contributed by atoms with Crippen LogP contribution in [0.5, 0.6) is 5.75 Å². The molecule has 0 aliphatic heterocycles. The van der Waals surface area contributed by atoms with Gasteiger partial charge in [-0.25, -0.2) is 8.42 Å². The lowest BCUT2D eigenvalue weighted by Crippen LogP contribution is -2.44. The number of hydrogen-bond donors (Lipinski definition) is 3. The van der Waals surface area contributed by atoms with Crippen LogP contribution in [-0.2, 0) is 21.4 Å². The molecular formula is C33H31N3O7S. The number of aliphatic carboxylic acids is 1. The van der Waals surface area contributed by atoms with Crippen molar-refractivity contribution in [3.63, 3.8) is 0 Å². The van der Waals surface area contributed by atoms with Crippen LogP contribution in [0.4, 0.5) is 5.69 Å². The fourth-order valence-corrected chi connectivity index (χ4v) is 6.05. The van der Waals surface area contributed by atoms with Crippen molar-refractivity contribution < 1.29 is 32.3 Å². The van der Waals surface area contributed by atoms with Gasteiger partial charge in [-0.1, -0.05) is 44.2 Å². The molecule has 0 spiro atoms. The van der Waals surface area contributed by atoms with Crippen molar-refractivity contribution in [2.45, 2.75) is 38.3 Å². The molecule has 0 fully saturated rings. The molecule has 1 atom stereocenters. The first-order chi connectivity index (χ1) is 21.0. The molecule has 5 rings (SSSR count). The molecule has 10 nitrogen and oxygen atoms in total. The number of carboxylic acids is 1. The Morgan fingerprint density at radius 3 is 2.18 bits per heavy atom. The van der Waals surface area contributed by atoms with Gasteiger partial charge in [0, 0.05) is 23.6 Å². The molecule has 2 heterocycles. The zero-order valence-electron chi connectivity index (χ0n) is 24.3. The van der Waals surface area contributed by atoms with E-state index in [2.05, 4.69) is 15.0 Å². The molecular weight excluding hydrogens is 582 g/mol. The third kappa shape index (κ3) is 6.64. The highest BCUT2D eigenvalue weighted by atomic mass is 32.2. The second-order valence-electron chi connectivity index (χ2n) is 10.6. The Bertz CT molecular complexity index is 1900. The summed E-state index contributed by atoms with van der Waals surface area (Å²) in [5, 5.41) is 12.9. The minimum atomic E-state index is -4.02. The number of nitrogens with zero attached hydrogens (tertiary/aromatic N) is 1. The van der Waals surface area contributed by atoms with E-state index in [0.717, 1.165) is 22.1 Å². The van der Waals surface area contributed by atoms with Crippen LogP contribution in [0.25, 0.3) is 22.1 Å². The van der Waals surface area contributed by atoms with Gasteiger partial charge in [-0.15, -0.1) is 0 Å². The first kappa shape index (κ1) is 30.5. The van der Waals surface area contributed by atoms with Crippen LogP contribution in [0.1, 0.15) is 35.5 Å². The van der Waals surface area contributed by atoms with E-state index in [1.54, 1.807) is 68.7 Å². The predicted molar refractivity (Wildman–Crippen MR) is 166 cm³/mol. The third-order valence-corrected chi connectivity index (χ3v) is 8.58. The summed E-state index contributed by atoms with van der Waals surface area (Å²) in [6, 6.07) is 21.1. The van der Waals surface area contributed by atoms with E-state index in [1.807, 2.05) is 31.2 Å². The summed E-state index contributed by atoms with van der Waals surface area (Å²) >= 11 is 0. The first-order valence-electron chi connectivity index (χ1n) is 13.8. The zero-order chi connectivity index (χ0) is 31.4. The molecule has 0 aliphatic rings. The van der Waals surface area contributed by atoms with Gasteiger partial charge in [0.25, 0.3) is 5.91 Å². The molecule has 0 saturated carbocycles. The van der Waals surface area contributed by atoms with Crippen molar-refractivity contribution in [1.29, 1.82) is 0 Å². The standard InChI is InChI=1S/C33H31N3O7S/c1-20(2)30(33(38)39)36-44(40,41)26-13-9-24(10-14-26)23-7-11-25(12-8-23)35-32(37)31-21(3)29-27(5-4-6-28(29)43-31)42-19-22-15-17-34-18-16-22/h4-18,20,30,36H,19H2,1-3H3,(H,35,37)(H,38,39). The number of amides is 1. The van der Waals surface area contributed by atoms with Crippen molar-refractivity contribution in [3.8, 4) is 16.9 Å². The van der Waals surface area contributed by atoms with Gasteiger partial charge in [-0.3, -0.25) is 14.6 Å².